The average Bonchev–Trinajstić information content (AvgIpc) is 3.05. The number of anilines is 1. The third-order valence-electron chi connectivity index (χ3n) is 2.93. The van der Waals surface area contributed by atoms with Crippen molar-refractivity contribution in [3.05, 3.63) is 54.0 Å². The van der Waals surface area contributed by atoms with Gasteiger partial charge in [0.2, 0.25) is 11.8 Å². The number of hydrogen-bond donors (Lipinski definition) is 2. The van der Waals surface area contributed by atoms with Crippen molar-refractivity contribution in [2.75, 3.05) is 12.4 Å². The lowest BCUT2D eigenvalue weighted by Crippen LogP contribution is -2.27. The summed E-state index contributed by atoms with van der Waals surface area (Å²) in [5.74, 6) is -0.811. The van der Waals surface area contributed by atoms with Crippen LogP contribution in [0.1, 0.15) is 22.5 Å². The minimum absolute atomic E-state index is 0.219. The van der Waals surface area contributed by atoms with E-state index in [1.54, 1.807) is 30.3 Å². The Morgan fingerprint density at radius 2 is 1.96 bits per heavy atom. The summed E-state index contributed by atoms with van der Waals surface area (Å²) in [5, 5.41) is 5.13. The van der Waals surface area contributed by atoms with Crippen molar-refractivity contribution in [3.8, 4) is 0 Å². The van der Waals surface area contributed by atoms with Crippen molar-refractivity contribution in [1.82, 2.24) is 5.32 Å². The number of nitrogens with one attached hydrogen (secondary N) is 2. The molecule has 7 nitrogen and oxygen atoms in total. The van der Waals surface area contributed by atoms with Crippen molar-refractivity contribution in [2.24, 2.45) is 0 Å². The van der Waals surface area contributed by atoms with Gasteiger partial charge in [-0.1, -0.05) is 6.07 Å². The average molecular weight is 316 g/mol. The molecule has 7 heteroatoms. The number of hydrogen-bond acceptors (Lipinski definition) is 5. The molecule has 0 saturated heterocycles. The fraction of sp³-hybridized carbons (Fsp3) is 0.188. The summed E-state index contributed by atoms with van der Waals surface area (Å²) >= 11 is 0. The summed E-state index contributed by atoms with van der Waals surface area (Å²) in [5.41, 5.74) is 0.726. The molecule has 2 amide bonds. The van der Waals surface area contributed by atoms with Gasteiger partial charge < -0.3 is 19.8 Å². The highest BCUT2D eigenvalue weighted by Gasteiger charge is 2.11. The first-order valence-electron chi connectivity index (χ1n) is 6.86. The largest absolute Gasteiger partial charge is 0.467 e. The number of benzene rings is 1. The second-order valence-corrected chi connectivity index (χ2v) is 4.65. The Bertz CT molecular complexity index is 694. The van der Waals surface area contributed by atoms with E-state index in [4.69, 9.17) is 4.42 Å². The van der Waals surface area contributed by atoms with Crippen molar-refractivity contribution in [3.63, 3.8) is 0 Å². The molecule has 0 aliphatic heterocycles. The van der Waals surface area contributed by atoms with Gasteiger partial charge in [-0.25, -0.2) is 4.79 Å². The van der Waals surface area contributed by atoms with Gasteiger partial charge >= 0.3 is 5.97 Å². The zero-order chi connectivity index (χ0) is 16.7. The lowest BCUT2D eigenvalue weighted by Gasteiger charge is -2.07. The highest BCUT2D eigenvalue weighted by molar-refractivity contribution is 6.04. The number of carbonyl (C=O) groups is 3. The van der Waals surface area contributed by atoms with Crippen LogP contribution in [0, 0.1) is 0 Å². The van der Waals surface area contributed by atoms with Gasteiger partial charge in [0.15, 0.2) is 0 Å². The maximum Gasteiger partial charge on any atom is 0.337 e. The summed E-state index contributed by atoms with van der Waals surface area (Å²) in [6, 6.07) is 9.70. The molecule has 23 heavy (non-hydrogen) atoms. The SMILES string of the molecule is COC(=O)c1cccc(NC(=O)CC(=O)NCc2ccco2)c1. The molecular weight excluding hydrogens is 300 g/mol. The molecule has 120 valence electrons. The second-order valence-electron chi connectivity index (χ2n) is 4.65. The smallest absolute Gasteiger partial charge is 0.337 e. The van der Waals surface area contributed by atoms with E-state index in [9.17, 15) is 14.4 Å². The number of amides is 2. The molecule has 0 unspecified atom stereocenters. The monoisotopic (exact) mass is 316 g/mol. The summed E-state index contributed by atoms with van der Waals surface area (Å²) < 4.78 is 9.68. The highest BCUT2D eigenvalue weighted by atomic mass is 16.5. The van der Waals surface area contributed by atoms with E-state index in [1.165, 1.54) is 19.4 Å². The van der Waals surface area contributed by atoms with E-state index in [0.717, 1.165) is 0 Å². The van der Waals surface area contributed by atoms with Gasteiger partial charge in [0.1, 0.15) is 12.2 Å². The van der Waals surface area contributed by atoms with Crippen LogP contribution in [0.4, 0.5) is 5.69 Å². The third kappa shape index (κ3) is 4.99. The lowest BCUT2D eigenvalue weighted by atomic mass is 10.2. The van der Waals surface area contributed by atoms with Crippen molar-refractivity contribution < 1.29 is 23.5 Å². The molecule has 2 rings (SSSR count). The number of esters is 1. The third-order valence-corrected chi connectivity index (χ3v) is 2.93. The number of ether oxygens (including phenoxy) is 1. The van der Waals surface area contributed by atoms with Crippen molar-refractivity contribution in [1.29, 1.82) is 0 Å². The van der Waals surface area contributed by atoms with Gasteiger partial charge in [0, 0.05) is 5.69 Å². The Hall–Kier alpha value is -3.09. The van der Waals surface area contributed by atoms with Gasteiger partial charge in [0.05, 0.1) is 25.5 Å². The van der Waals surface area contributed by atoms with Crippen LogP contribution in [0.25, 0.3) is 0 Å². The molecule has 1 aromatic heterocycles. The topological polar surface area (TPSA) is 97.6 Å². The Labute approximate surface area is 132 Å². The van der Waals surface area contributed by atoms with Crippen LogP contribution in [0.3, 0.4) is 0 Å². The number of furan rings is 1. The number of methoxy groups -OCH3 is 1. The van der Waals surface area contributed by atoms with E-state index in [1.807, 2.05) is 0 Å². The van der Waals surface area contributed by atoms with Crippen LogP contribution < -0.4 is 10.6 Å². The van der Waals surface area contributed by atoms with Crippen LogP contribution in [0.15, 0.2) is 47.1 Å². The normalized spacial score (nSPS) is 9.96. The maximum atomic E-state index is 11.8. The molecule has 0 saturated carbocycles. The number of rotatable bonds is 6. The Kier molecular flexibility index (Phi) is 5.51. The Morgan fingerprint density at radius 3 is 2.65 bits per heavy atom. The molecule has 0 aliphatic rings. The first-order valence-corrected chi connectivity index (χ1v) is 6.86. The van der Waals surface area contributed by atoms with Crippen molar-refractivity contribution in [2.45, 2.75) is 13.0 Å². The van der Waals surface area contributed by atoms with Gasteiger partial charge in [0.25, 0.3) is 0 Å². The number of carbonyl (C=O) groups excluding carboxylic acids is 3. The van der Waals surface area contributed by atoms with Gasteiger partial charge in [-0.3, -0.25) is 9.59 Å². The second kappa shape index (κ2) is 7.79. The highest BCUT2D eigenvalue weighted by Crippen LogP contribution is 2.12. The first-order chi connectivity index (χ1) is 11.1. The zero-order valence-corrected chi connectivity index (χ0v) is 12.5. The summed E-state index contributed by atoms with van der Waals surface area (Å²) in [6.07, 6.45) is 1.17. The summed E-state index contributed by atoms with van der Waals surface area (Å²) in [7, 11) is 1.27. The molecule has 0 fully saturated rings. The van der Waals surface area contributed by atoms with E-state index >= 15 is 0 Å². The van der Waals surface area contributed by atoms with Gasteiger partial charge in [-0.15, -0.1) is 0 Å². The van der Waals surface area contributed by atoms with Gasteiger partial charge in [-0.2, -0.15) is 0 Å². The predicted octanol–water partition coefficient (Wildman–Crippen LogP) is 1.71. The zero-order valence-electron chi connectivity index (χ0n) is 12.5. The minimum Gasteiger partial charge on any atom is -0.467 e. The molecule has 2 aromatic rings. The molecule has 1 aromatic carbocycles. The lowest BCUT2D eigenvalue weighted by molar-refractivity contribution is -0.127. The van der Waals surface area contributed by atoms with E-state index in [2.05, 4.69) is 15.4 Å². The fourth-order valence-corrected chi connectivity index (χ4v) is 1.85. The molecule has 0 bridgehead atoms. The van der Waals surface area contributed by atoms with E-state index in [-0.39, 0.29) is 13.0 Å². The van der Waals surface area contributed by atoms with Crippen LogP contribution >= 0.6 is 0 Å². The quantitative estimate of drug-likeness (QED) is 0.624. The Morgan fingerprint density at radius 1 is 1.13 bits per heavy atom. The minimum atomic E-state index is -0.503. The molecule has 0 atom stereocenters. The van der Waals surface area contributed by atoms with Crippen LogP contribution in [0.5, 0.6) is 0 Å². The standard InChI is InChI=1S/C16H16N2O5/c1-22-16(21)11-4-2-5-12(8-11)18-15(20)9-14(19)17-10-13-6-3-7-23-13/h2-8H,9-10H2,1H3,(H,17,19)(H,18,20). The Balaban J connectivity index is 1.84. The molecule has 2 N–H and O–H groups in total. The molecule has 1 heterocycles. The van der Waals surface area contributed by atoms with Crippen LogP contribution in [0.2, 0.25) is 0 Å². The molecule has 0 spiro atoms. The molecule has 0 aliphatic carbocycles. The first kappa shape index (κ1) is 16.3. The van der Waals surface area contributed by atoms with Crippen molar-refractivity contribution >= 4 is 23.5 Å². The maximum absolute atomic E-state index is 11.8. The summed E-state index contributed by atoms with van der Waals surface area (Å²) in [6.45, 7) is 0.219. The van der Waals surface area contributed by atoms with E-state index < -0.39 is 17.8 Å². The van der Waals surface area contributed by atoms with Crippen LogP contribution in [-0.2, 0) is 20.9 Å². The van der Waals surface area contributed by atoms with Crippen LogP contribution in [-0.4, -0.2) is 24.9 Å². The summed E-state index contributed by atoms with van der Waals surface area (Å²) in [4.78, 5) is 34.9. The molecular formula is C16H16N2O5. The molecule has 0 radical (unpaired) electrons. The van der Waals surface area contributed by atoms with E-state index in [0.29, 0.717) is 17.0 Å². The van der Waals surface area contributed by atoms with Gasteiger partial charge in [-0.05, 0) is 30.3 Å². The fourth-order valence-electron chi connectivity index (χ4n) is 1.85. The predicted molar refractivity (Wildman–Crippen MR) is 81.6 cm³/mol.